The van der Waals surface area contributed by atoms with Crippen molar-refractivity contribution in [2.24, 2.45) is 0 Å². The average Bonchev–Trinajstić information content (AvgIpc) is 2.47. The van der Waals surface area contributed by atoms with Crippen LogP contribution >= 0.6 is 11.6 Å². The van der Waals surface area contributed by atoms with Crippen molar-refractivity contribution in [2.45, 2.75) is 6.43 Å². The van der Waals surface area contributed by atoms with Crippen LogP contribution in [0, 0.1) is 0 Å². The number of alkyl halides is 2. The smallest absolute Gasteiger partial charge is 0.288 e. The highest BCUT2D eigenvalue weighted by Gasteiger charge is 2.18. The van der Waals surface area contributed by atoms with Gasteiger partial charge in [-0.3, -0.25) is 4.79 Å². The van der Waals surface area contributed by atoms with Gasteiger partial charge in [0.05, 0.1) is 0 Å². The molecule has 0 N–H and O–H groups in total. The first-order valence-corrected chi connectivity index (χ1v) is 3.42. The second-order valence-corrected chi connectivity index (χ2v) is 2.24. The van der Waals surface area contributed by atoms with Gasteiger partial charge in [0.1, 0.15) is 0 Å². The van der Waals surface area contributed by atoms with E-state index < -0.39 is 29.8 Å². The van der Waals surface area contributed by atoms with Crippen molar-refractivity contribution in [3.8, 4) is 5.88 Å². The average molecular weight is 213 g/mol. The molecular formula is C5H3ClF2N2O3. The third-order valence-corrected chi connectivity index (χ3v) is 1.17. The summed E-state index contributed by atoms with van der Waals surface area (Å²) in [7, 11) is 0. The van der Waals surface area contributed by atoms with Crippen LogP contribution in [0.2, 0.25) is 0 Å². The molecule has 72 valence electrons. The van der Waals surface area contributed by atoms with Crippen molar-refractivity contribution < 1.29 is 22.9 Å². The number of halogens is 3. The van der Waals surface area contributed by atoms with Crippen molar-refractivity contribution in [3.05, 3.63) is 5.69 Å². The standard InChI is InChI=1S/C5H3ClF2N2O3/c6-4(11)3-5(10-13-9-3)12-1-2(7)8/h2H,1H2. The zero-order valence-electron chi connectivity index (χ0n) is 6.04. The lowest BCUT2D eigenvalue weighted by atomic mass is 10.5. The molecule has 0 aliphatic carbocycles. The van der Waals surface area contributed by atoms with Gasteiger partial charge in [0.25, 0.3) is 17.5 Å². The monoisotopic (exact) mass is 212 g/mol. The number of hydrogen-bond acceptors (Lipinski definition) is 5. The maximum atomic E-state index is 11.6. The Kier molecular flexibility index (Phi) is 3.13. The molecule has 8 heteroatoms. The van der Waals surface area contributed by atoms with E-state index in [-0.39, 0.29) is 0 Å². The third kappa shape index (κ3) is 2.62. The first-order chi connectivity index (χ1) is 6.11. The van der Waals surface area contributed by atoms with Crippen molar-refractivity contribution in [1.29, 1.82) is 0 Å². The van der Waals surface area contributed by atoms with Crippen LogP contribution in [0.25, 0.3) is 0 Å². The normalized spacial score (nSPS) is 10.5. The van der Waals surface area contributed by atoms with Gasteiger partial charge >= 0.3 is 0 Å². The van der Waals surface area contributed by atoms with Gasteiger partial charge < -0.3 is 4.74 Å². The number of hydrogen-bond donors (Lipinski definition) is 0. The van der Waals surface area contributed by atoms with E-state index >= 15 is 0 Å². The van der Waals surface area contributed by atoms with E-state index in [2.05, 4.69) is 19.7 Å². The molecule has 0 amide bonds. The molecule has 1 rings (SSSR count). The van der Waals surface area contributed by atoms with Gasteiger partial charge in [-0.25, -0.2) is 13.4 Å². The number of rotatable bonds is 4. The minimum Gasteiger partial charge on any atom is -0.468 e. The van der Waals surface area contributed by atoms with E-state index in [4.69, 9.17) is 11.6 Å². The van der Waals surface area contributed by atoms with Crippen LogP contribution in [0.1, 0.15) is 10.5 Å². The van der Waals surface area contributed by atoms with Crippen LogP contribution in [0.3, 0.4) is 0 Å². The van der Waals surface area contributed by atoms with E-state index in [0.717, 1.165) is 0 Å². The van der Waals surface area contributed by atoms with Gasteiger partial charge in [-0.15, -0.1) is 0 Å². The lowest BCUT2D eigenvalue weighted by Crippen LogP contribution is -2.09. The van der Waals surface area contributed by atoms with E-state index in [1.54, 1.807) is 0 Å². The molecule has 5 nitrogen and oxygen atoms in total. The summed E-state index contributed by atoms with van der Waals surface area (Å²) in [4.78, 5) is 10.5. The maximum absolute atomic E-state index is 11.6. The third-order valence-electron chi connectivity index (χ3n) is 0.991. The van der Waals surface area contributed by atoms with Crippen LogP contribution in [0.15, 0.2) is 4.63 Å². The highest BCUT2D eigenvalue weighted by Crippen LogP contribution is 2.15. The predicted octanol–water partition coefficient (Wildman–Crippen LogP) is 1.09. The molecular weight excluding hydrogens is 210 g/mol. The summed E-state index contributed by atoms with van der Waals surface area (Å²) < 4.78 is 31.7. The summed E-state index contributed by atoms with van der Waals surface area (Å²) in [5, 5.41) is 5.14. The number of nitrogens with zero attached hydrogens (tertiary/aromatic N) is 2. The Balaban J connectivity index is 2.65. The molecule has 0 radical (unpaired) electrons. The summed E-state index contributed by atoms with van der Waals surface area (Å²) in [6, 6.07) is 0. The van der Waals surface area contributed by atoms with Gasteiger partial charge in [-0.1, -0.05) is 0 Å². The summed E-state index contributed by atoms with van der Waals surface area (Å²) >= 11 is 5.00. The largest absolute Gasteiger partial charge is 0.468 e. The zero-order chi connectivity index (χ0) is 9.84. The van der Waals surface area contributed by atoms with Gasteiger partial charge in [0, 0.05) is 0 Å². The fourth-order valence-corrected chi connectivity index (χ4v) is 0.653. The summed E-state index contributed by atoms with van der Waals surface area (Å²) in [6.45, 7) is -0.897. The van der Waals surface area contributed by atoms with Crippen LogP contribution in [0.4, 0.5) is 8.78 Å². The summed E-state index contributed by atoms with van der Waals surface area (Å²) in [5.74, 6) is -0.430. The highest BCUT2D eigenvalue weighted by atomic mass is 35.5. The fraction of sp³-hybridized carbons (Fsp3) is 0.400. The molecule has 0 bridgehead atoms. The van der Waals surface area contributed by atoms with E-state index in [9.17, 15) is 13.6 Å². The van der Waals surface area contributed by atoms with Crippen molar-refractivity contribution >= 4 is 16.8 Å². The van der Waals surface area contributed by atoms with Gasteiger partial charge in [-0.05, 0) is 21.9 Å². The molecule has 0 aliphatic heterocycles. The zero-order valence-corrected chi connectivity index (χ0v) is 6.79. The van der Waals surface area contributed by atoms with Crippen LogP contribution in [-0.2, 0) is 0 Å². The fourth-order valence-electron chi connectivity index (χ4n) is 0.537. The number of carbonyl (C=O) groups excluding carboxylic acids is 1. The minimum atomic E-state index is -2.67. The molecule has 0 saturated heterocycles. The van der Waals surface area contributed by atoms with Crippen molar-refractivity contribution in [3.63, 3.8) is 0 Å². The molecule has 0 saturated carbocycles. The highest BCUT2D eigenvalue weighted by molar-refractivity contribution is 6.67. The minimum absolute atomic E-state index is 0.415. The van der Waals surface area contributed by atoms with Gasteiger partial charge in [0.15, 0.2) is 6.61 Å². The number of ether oxygens (including phenoxy) is 1. The molecule has 0 fully saturated rings. The predicted molar refractivity (Wildman–Crippen MR) is 36.0 cm³/mol. The summed E-state index contributed by atoms with van der Waals surface area (Å²) in [5.41, 5.74) is -0.415. The van der Waals surface area contributed by atoms with E-state index in [1.165, 1.54) is 0 Å². The van der Waals surface area contributed by atoms with E-state index in [0.29, 0.717) is 0 Å². The van der Waals surface area contributed by atoms with Crippen molar-refractivity contribution in [2.75, 3.05) is 6.61 Å². The number of aromatic nitrogens is 2. The molecule has 1 aromatic rings. The quantitative estimate of drug-likeness (QED) is 0.699. The maximum Gasteiger partial charge on any atom is 0.288 e. The topological polar surface area (TPSA) is 65.2 Å². The first-order valence-electron chi connectivity index (χ1n) is 3.04. The van der Waals surface area contributed by atoms with Gasteiger partial charge in [0.2, 0.25) is 5.69 Å². The van der Waals surface area contributed by atoms with E-state index in [1.807, 2.05) is 0 Å². The SMILES string of the molecule is O=C(Cl)c1nonc1OCC(F)F. The molecule has 0 spiro atoms. The second kappa shape index (κ2) is 4.13. The summed E-state index contributed by atoms with van der Waals surface area (Å²) in [6.07, 6.45) is -2.67. The molecule has 0 unspecified atom stereocenters. The Bertz CT molecular complexity index is 304. The lowest BCUT2D eigenvalue weighted by Gasteiger charge is -1.99. The Labute approximate surface area is 75.6 Å². The molecule has 0 atom stereocenters. The second-order valence-electron chi connectivity index (χ2n) is 1.89. The Morgan fingerprint density at radius 2 is 2.31 bits per heavy atom. The van der Waals surface area contributed by atoms with Crippen LogP contribution in [0.5, 0.6) is 5.88 Å². The Morgan fingerprint density at radius 3 is 2.85 bits per heavy atom. The lowest BCUT2D eigenvalue weighted by molar-refractivity contribution is 0.0765. The van der Waals surface area contributed by atoms with Crippen LogP contribution in [-0.4, -0.2) is 28.6 Å². The molecule has 0 aromatic carbocycles. The first kappa shape index (κ1) is 9.85. The molecule has 1 aromatic heterocycles. The molecule has 0 aliphatic rings. The Hall–Kier alpha value is -1.24. The molecule has 1 heterocycles. The Morgan fingerprint density at radius 1 is 1.62 bits per heavy atom. The number of carbonyl (C=O) groups is 1. The van der Waals surface area contributed by atoms with Crippen LogP contribution < -0.4 is 4.74 Å². The van der Waals surface area contributed by atoms with Gasteiger partial charge in [-0.2, -0.15) is 0 Å². The van der Waals surface area contributed by atoms with Crippen molar-refractivity contribution in [1.82, 2.24) is 10.3 Å². The molecule has 13 heavy (non-hydrogen) atoms.